The van der Waals surface area contributed by atoms with Gasteiger partial charge in [-0.2, -0.15) is 13.2 Å². The number of rotatable bonds is 3. The summed E-state index contributed by atoms with van der Waals surface area (Å²) < 4.78 is 46.8. The van der Waals surface area contributed by atoms with Gasteiger partial charge in [-0.3, -0.25) is 4.98 Å². The summed E-state index contributed by atoms with van der Waals surface area (Å²) in [6.07, 6.45) is -1.32. The third-order valence-electron chi connectivity index (χ3n) is 4.10. The highest BCUT2D eigenvalue weighted by Gasteiger charge is 2.58. The molecule has 1 unspecified atom stereocenters. The molecule has 1 aromatic carbocycles. The highest BCUT2D eigenvalue weighted by atomic mass is 32.1. The first-order valence-electron chi connectivity index (χ1n) is 7.55. The normalized spacial score (nSPS) is 20.9. The van der Waals surface area contributed by atoms with E-state index in [1.54, 1.807) is 31.6 Å². The van der Waals surface area contributed by atoms with E-state index >= 15 is 0 Å². The molecule has 2 aromatic rings. The molecule has 0 spiro atoms. The smallest absolute Gasteiger partial charge is 0.387 e. The number of anilines is 1. The molecule has 1 atom stereocenters. The average molecular weight is 367 g/mol. The van der Waals surface area contributed by atoms with E-state index in [2.05, 4.69) is 15.6 Å². The minimum atomic E-state index is -4.57. The lowest BCUT2D eigenvalue weighted by atomic mass is 9.87. The Morgan fingerprint density at radius 3 is 2.72 bits per heavy atom. The van der Waals surface area contributed by atoms with Gasteiger partial charge in [0.15, 0.2) is 5.54 Å². The van der Waals surface area contributed by atoms with Gasteiger partial charge in [-0.25, -0.2) is 0 Å². The third-order valence-corrected chi connectivity index (χ3v) is 4.32. The summed E-state index contributed by atoms with van der Waals surface area (Å²) in [5.74, 6) is 0. The molecular formula is C17H16F3N3OS. The molecule has 0 saturated carbocycles. The van der Waals surface area contributed by atoms with Gasteiger partial charge in [0.05, 0.1) is 18.9 Å². The highest BCUT2D eigenvalue weighted by molar-refractivity contribution is 7.80. The standard InChI is InChI=1S/C17H16F3N3OS/c1-21-14-6-12(7-22-8-14)11-3-2-4-13(5-11)16(17(18,19)20)10-24-9-15(25)23-16/h2-8,21H,9-10H2,1H3,(H,23,25). The second-order valence-electron chi connectivity index (χ2n) is 5.74. The van der Waals surface area contributed by atoms with E-state index in [1.807, 2.05) is 6.07 Å². The number of nitrogens with zero attached hydrogens (tertiary/aromatic N) is 1. The van der Waals surface area contributed by atoms with E-state index < -0.39 is 18.3 Å². The zero-order chi connectivity index (χ0) is 18.1. The first-order valence-corrected chi connectivity index (χ1v) is 7.96. The fourth-order valence-electron chi connectivity index (χ4n) is 2.78. The number of hydrogen-bond acceptors (Lipinski definition) is 4. The van der Waals surface area contributed by atoms with Crippen molar-refractivity contribution in [1.29, 1.82) is 0 Å². The minimum Gasteiger partial charge on any atom is -0.387 e. The number of ether oxygens (including phenoxy) is 1. The number of nitrogens with one attached hydrogen (secondary N) is 2. The Hall–Kier alpha value is -2.19. The van der Waals surface area contributed by atoms with Crippen molar-refractivity contribution >= 4 is 22.9 Å². The van der Waals surface area contributed by atoms with Crippen LogP contribution in [0.2, 0.25) is 0 Å². The summed E-state index contributed by atoms with van der Waals surface area (Å²) in [7, 11) is 1.75. The first-order chi connectivity index (χ1) is 11.9. The van der Waals surface area contributed by atoms with Crippen LogP contribution in [0.3, 0.4) is 0 Å². The molecule has 1 fully saturated rings. The van der Waals surface area contributed by atoms with Crippen molar-refractivity contribution in [2.45, 2.75) is 11.7 Å². The van der Waals surface area contributed by atoms with E-state index in [0.717, 1.165) is 5.69 Å². The second kappa shape index (κ2) is 6.61. The molecule has 8 heteroatoms. The SMILES string of the molecule is CNc1cncc(-c2cccc(C3(C(F)(F)F)COCC(=S)N3)c2)c1. The maximum Gasteiger partial charge on any atom is 0.418 e. The van der Waals surface area contributed by atoms with Gasteiger partial charge in [0.25, 0.3) is 0 Å². The van der Waals surface area contributed by atoms with Gasteiger partial charge in [-0.1, -0.05) is 30.4 Å². The van der Waals surface area contributed by atoms with Crippen molar-refractivity contribution in [3.05, 3.63) is 48.3 Å². The molecule has 0 amide bonds. The fourth-order valence-corrected chi connectivity index (χ4v) is 3.04. The predicted molar refractivity (Wildman–Crippen MR) is 93.5 cm³/mol. The minimum absolute atomic E-state index is 0.0129. The molecule has 2 heterocycles. The summed E-state index contributed by atoms with van der Waals surface area (Å²) >= 11 is 4.93. The van der Waals surface area contributed by atoms with Gasteiger partial charge in [-0.05, 0) is 23.3 Å². The molecule has 0 bridgehead atoms. The molecule has 0 aliphatic carbocycles. The Morgan fingerprint density at radius 2 is 2.04 bits per heavy atom. The largest absolute Gasteiger partial charge is 0.418 e. The predicted octanol–water partition coefficient (Wildman–Crippen LogP) is 3.50. The van der Waals surface area contributed by atoms with Crippen LogP contribution < -0.4 is 10.6 Å². The number of morpholine rings is 1. The molecule has 132 valence electrons. The monoisotopic (exact) mass is 367 g/mol. The number of pyridine rings is 1. The zero-order valence-corrected chi connectivity index (χ0v) is 14.2. The van der Waals surface area contributed by atoms with Crippen LogP contribution in [0, 0.1) is 0 Å². The lowest BCUT2D eigenvalue weighted by Crippen LogP contribution is -2.62. The van der Waals surface area contributed by atoms with Crippen molar-refractivity contribution in [3.8, 4) is 11.1 Å². The summed E-state index contributed by atoms with van der Waals surface area (Å²) in [6.45, 7) is -0.546. The van der Waals surface area contributed by atoms with Crippen molar-refractivity contribution in [2.24, 2.45) is 0 Å². The number of hydrogen-bond donors (Lipinski definition) is 2. The lowest BCUT2D eigenvalue weighted by Gasteiger charge is -2.40. The van der Waals surface area contributed by atoms with Gasteiger partial charge in [0.1, 0.15) is 4.99 Å². The molecule has 1 aliphatic rings. The maximum absolute atomic E-state index is 13.9. The summed E-state index contributed by atoms with van der Waals surface area (Å²) in [4.78, 5) is 4.14. The van der Waals surface area contributed by atoms with E-state index in [1.165, 1.54) is 12.1 Å². The Bertz CT molecular complexity index is 797. The van der Waals surface area contributed by atoms with Gasteiger partial charge in [-0.15, -0.1) is 0 Å². The van der Waals surface area contributed by atoms with E-state index in [0.29, 0.717) is 11.1 Å². The van der Waals surface area contributed by atoms with Gasteiger partial charge in [0, 0.05) is 25.0 Å². The first kappa shape index (κ1) is 17.6. The second-order valence-corrected chi connectivity index (χ2v) is 6.23. The third kappa shape index (κ3) is 3.32. The fraction of sp³-hybridized carbons (Fsp3) is 0.294. The molecule has 25 heavy (non-hydrogen) atoms. The highest BCUT2D eigenvalue weighted by Crippen LogP contribution is 2.41. The Morgan fingerprint density at radius 1 is 1.24 bits per heavy atom. The van der Waals surface area contributed by atoms with Crippen LogP contribution in [0.25, 0.3) is 11.1 Å². The maximum atomic E-state index is 13.9. The quantitative estimate of drug-likeness (QED) is 0.813. The Kier molecular flexibility index (Phi) is 4.66. The number of halogens is 3. The van der Waals surface area contributed by atoms with Crippen molar-refractivity contribution in [2.75, 3.05) is 25.6 Å². The van der Waals surface area contributed by atoms with E-state index in [9.17, 15) is 13.2 Å². The van der Waals surface area contributed by atoms with Crippen LogP contribution in [-0.2, 0) is 10.3 Å². The van der Waals surface area contributed by atoms with Gasteiger partial charge < -0.3 is 15.4 Å². The Labute approximate surface area is 148 Å². The molecule has 4 nitrogen and oxygen atoms in total. The van der Waals surface area contributed by atoms with Crippen molar-refractivity contribution in [1.82, 2.24) is 10.3 Å². The van der Waals surface area contributed by atoms with Crippen molar-refractivity contribution < 1.29 is 17.9 Å². The molecule has 1 aliphatic heterocycles. The number of alkyl halides is 3. The van der Waals surface area contributed by atoms with Crippen LogP contribution >= 0.6 is 12.2 Å². The van der Waals surface area contributed by atoms with Gasteiger partial charge >= 0.3 is 6.18 Å². The van der Waals surface area contributed by atoms with Gasteiger partial charge in [0.2, 0.25) is 0 Å². The molecule has 1 aromatic heterocycles. The summed E-state index contributed by atoms with van der Waals surface area (Å²) in [5.41, 5.74) is -0.190. The summed E-state index contributed by atoms with van der Waals surface area (Å²) in [5, 5.41) is 5.40. The van der Waals surface area contributed by atoms with Crippen LogP contribution in [0.4, 0.5) is 18.9 Å². The molecule has 1 saturated heterocycles. The van der Waals surface area contributed by atoms with Crippen LogP contribution in [0.1, 0.15) is 5.56 Å². The molecule has 2 N–H and O–H groups in total. The zero-order valence-electron chi connectivity index (χ0n) is 13.4. The van der Waals surface area contributed by atoms with E-state index in [-0.39, 0.29) is 17.2 Å². The number of thiocarbonyl (C=S) groups is 1. The van der Waals surface area contributed by atoms with Crippen molar-refractivity contribution in [3.63, 3.8) is 0 Å². The van der Waals surface area contributed by atoms with Crippen LogP contribution in [0.5, 0.6) is 0 Å². The Balaban J connectivity index is 2.08. The topological polar surface area (TPSA) is 46.2 Å². The molecule has 0 radical (unpaired) electrons. The van der Waals surface area contributed by atoms with E-state index in [4.69, 9.17) is 17.0 Å². The number of benzene rings is 1. The summed E-state index contributed by atoms with van der Waals surface area (Å²) in [6, 6.07) is 8.07. The molecular weight excluding hydrogens is 351 g/mol. The molecule has 3 rings (SSSR count). The average Bonchev–Trinajstić information content (AvgIpc) is 2.61. The number of aromatic nitrogens is 1. The lowest BCUT2D eigenvalue weighted by molar-refractivity contribution is -0.214. The van der Waals surface area contributed by atoms with Crippen LogP contribution in [-0.4, -0.2) is 36.4 Å². The van der Waals surface area contributed by atoms with Crippen LogP contribution in [0.15, 0.2) is 42.7 Å².